The molecule has 6 rings (SSSR count). The molecule has 2 heterocycles. The second-order valence-corrected chi connectivity index (χ2v) is 18.6. The van der Waals surface area contributed by atoms with Gasteiger partial charge in [0, 0.05) is 49.9 Å². The van der Waals surface area contributed by atoms with Gasteiger partial charge < -0.3 is 15.1 Å². The van der Waals surface area contributed by atoms with Gasteiger partial charge in [0.05, 0.1) is 5.48 Å². The van der Waals surface area contributed by atoms with Crippen LogP contribution >= 0.6 is 0 Å². The van der Waals surface area contributed by atoms with Gasteiger partial charge in [-0.1, -0.05) is 138 Å². The summed E-state index contributed by atoms with van der Waals surface area (Å²) in [7, 11) is 0. The van der Waals surface area contributed by atoms with Crippen molar-refractivity contribution < 1.29 is 35.5 Å². The summed E-state index contributed by atoms with van der Waals surface area (Å²) in [6, 6.07) is 27.6. The molecule has 1 N–H and O–H groups in total. The fourth-order valence-corrected chi connectivity index (χ4v) is 7.04. The third-order valence-electron chi connectivity index (χ3n) is 11.7. The molecule has 0 aliphatic heterocycles. The molecule has 0 unspecified atom stereocenters. The quantitative estimate of drug-likeness (QED) is 0.0891. The Bertz CT molecular complexity index is 2510. The molecule has 0 fully saturated rings. The first-order valence-electron chi connectivity index (χ1n) is 23.6. The minimum Gasteiger partial charge on any atom is -0.512 e. The number of aromatic nitrogens is 2. The van der Waals surface area contributed by atoms with Gasteiger partial charge in [-0.2, -0.15) is 0 Å². The van der Waals surface area contributed by atoms with Crippen molar-refractivity contribution in [2.24, 2.45) is 11.3 Å². The molecule has 4 nitrogen and oxygen atoms in total. The monoisotopic (exact) mass is 1000 g/mol. The van der Waals surface area contributed by atoms with Crippen molar-refractivity contribution in [1.82, 2.24) is 9.97 Å². The SMILES string of the molecule is CCC(CC)C(=O)/C=C(\O)C(C)(CC)CC.[2H]c1nc(-c2[c-]c(C)cc(C(C)(C)C)c2)c2ccc(C)cc2c1[2H].[2H]c1nc(-c2[c-]c(C)cc(C(C)(C)C)c2)c2ccc(C)cc2c1[2H].[Ir]. The minimum absolute atomic E-state index is 0. The Balaban J connectivity index is 0.000000264. The number of hydrogen-bond donors (Lipinski definition) is 1. The maximum atomic E-state index is 11.9. The van der Waals surface area contributed by atoms with Crippen molar-refractivity contribution in [2.45, 2.75) is 140 Å². The molecule has 0 amide bonds. The van der Waals surface area contributed by atoms with Crippen molar-refractivity contribution in [3.63, 3.8) is 0 Å². The van der Waals surface area contributed by atoms with Crippen molar-refractivity contribution >= 4 is 27.3 Å². The van der Waals surface area contributed by atoms with Crippen LogP contribution < -0.4 is 0 Å². The number of ketones is 1. The number of aliphatic hydroxyl groups excluding tert-OH is 1. The number of pyridine rings is 2. The van der Waals surface area contributed by atoms with Crippen LogP contribution in [0.3, 0.4) is 0 Å². The molecule has 4 aromatic carbocycles. The van der Waals surface area contributed by atoms with Crippen LogP contribution in [0.25, 0.3) is 44.1 Å². The third kappa shape index (κ3) is 13.3. The maximum Gasteiger partial charge on any atom is 0.162 e. The molecule has 0 aliphatic carbocycles. The van der Waals surface area contributed by atoms with Gasteiger partial charge in [-0.05, 0) is 95.4 Å². The second-order valence-electron chi connectivity index (χ2n) is 18.6. The molecule has 0 saturated heterocycles. The summed E-state index contributed by atoms with van der Waals surface area (Å²) < 4.78 is 32.5. The Morgan fingerprint density at radius 3 is 1.41 bits per heavy atom. The van der Waals surface area contributed by atoms with E-state index in [-0.39, 0.29) is 78.2 Å². The number of benzene rings is 4. The molecule has 0 atom stereocenters. The van der Waals surface area contributed by atoms with E-state index in [0.717, 1.165) is 92.0 Å². The van der Waals surface area contributed by atoms with Gasteiger partial charge >= 0.3 is 0 Å². The van der Waals surface area contributed by atoms with Gasteiger partial charge in [0.1, 0.15) is 5.76 Å². The molecule has 6 aromatic rings. The van der Waals surface area contributed by atoms with E-state index in [1.807, 2.05) is 98.7 Å². The average molecular weight is 999 g/mol. The summed E-state index contributed by atoms with van der Waals surface area (Å²) in [6.07, 6.45) is 4.85. The van der Waals surface area contributed by atoms with E-state index in [0.29, 0.717) is 0 Å². The van der Waals surface area contributed by atoms with E-state index in [1.165, 1.54) is 17.2 Å². The molecule has 61 heavy (non-hydrogen) atoms. The van der Waals surface area contributed by atoms with E-state index in [2.05, 4.69) is 87.9 Å². The summed E-state index contributed by atoms with van der Waals surface area (Å²) >= 11 is 0. The van der Waals surface area contributed by atoms with Gasteiger partial charge in [0.2, 0.25) is 0 Å². The summed E-state index contributed by atoms with van der Waals surface area (Å²) in [5.41, 5.74) is 9.77. The smallest absolute Gasteiger partial charge is 0.162 e. The van der Waals surface area contributed by atoms with Gasteiger partial charge in [0.25, 0.3) is 0 Å². The van der Waals surface area contributed by atoms with Crippen LogP contribution in [0, 0.1) is 51.2 Å². The number of fused-ring (bicyclic) bond motifs is 2. The molecule has 2 aromatic heterocycles. The van der Waals surface area contributed by atoms with Crippen LogP contribution in [0.15, 0.2) is 96.9 Å². The van der Waals surface area contributed by atoms with Crippen LogP contribution in [0.2, 0.25) is 0 Å². The summed E-state index contributed by atoms with van der Waals surface area (Å²) in [4.78, 5) is 20.7. The van der Waals surface area contributed by atoms with E-state index < -0.39 is 0 Å². The van der Waals surface area contributed by atoms with Gasteiger partial charge in [-0.15, -0.1) is 69.8 Å². The normalized spacial score (nSPS) is 13.0. The average Bonchev–Trinajstić information content (AvgIpc) is 3.23. The predicted molar refractivity (Wildman–Crippen MR) is 257 cm³/mol. The molecular formula is C56H70IrN2O2-2. The molecule has 327 valence electrons. The zero-order chi connectivity index (χ0) is 48.1. The standard InChI is InChI=1S/2C21H22N.C14H26O2.Ir/c2*1-14-6-7-19-16(10-14)8-9-22-20(19)17-11-15(2)12-18(13-17)21(3,4)5;1-6-11(7-2)12(15)10-13(16)14(5,8-3)9-4;/h2*6-10,12-13H,1-5H3;10-11,16H,6-9H2,1-5H3;/q2*-1;;/b;;13-10-;/i2*8D,9D;;. The van der Waals surface area contributed by atoms with Crippen LogP contribution in [0.5, 0.6) is 0 Å². The third-order valence-corrected chi connectivity index (χ3v) is 11.7. The van der Waals surface area contributed by atoms with Crippen molar-refractivity contribution in [2.75, 3.05) is 0 Å². The van der Waals surface area contributed by atoms with E-state index in [9.17, 15) is 9.90 Å². The molecule has 1 radical (unpaired) electrons. The van der Waals surface area contributed by atoms with E-state index in [4.69, 9.17) is 5.48 Å². The van der Waals surface area contributed by atoms with Crippen molar-refractivity contribution in [3.05, 3.63) is 142 Å². The summed E-state index contributed by atoms with van der Waals surface area (Å²) in [5.74, 6) is 0.366. The van der Waals surface area contributed by atoms with Crippen LogP contribution in [-0.2, 0) is 35.7 Å². The number of allylic oxidation sites excluding steroid dienone is 2. The Morgan fingerprint density at radius 1 is 0.672 bits per heavy atom. The van der Waals surface area contributed by atoms with Crippen molar-refractivity contribution in [1.29, 1.82) is 0 Å². The summed E-state index contributed by atoms with van der Waals surface area (Å²) in [5, 5.41) is 13.4. The number of nitrogens with zero attached hydrogens (tertiary/aromatic N) is 2. The zero-order valence-electron chi connectivity index (χ0n) is 43.3. The number of rotatable bonds is 9. The first-order valence-corrected chi connectivity index (χ1v) is 21.6. The Labute approximate surface area is 387 Å². The molecular weight excluding hydrogens is 925 g/mol. The fourth-order valence-electron chi connectivity index (χ4n) is 7.04. The molecule has 5 heteroatoms. The largest absolute Gasteiger partial charge is 0.512 e. The first kappa shape index (κ1) is 44.6. The molecule has 0 aliphatic rings. The van der Waals surface area contributed by atoms with Gasteiger partial charge in [0.15, 0.2) is 5.78 Å². The zero-order valence-corrected chi connectivity index (χ0v) is 41.7. The minimum atomic E-state index is -0.248. The van der Waals surface area contributed by atoms with Crippen LogP contribution in [0.4, 0.5) is 0 Å². The van der Waals surface area contributed by atoms with Gasteiger partial charge in [-0.25, -0.2) is 0 Å². The van der Waals surface area contributed by atoms with Gasteiger partial charge in [-0.3, -0.25) is 4.79 Å². The number of aliphatic hydroxyl groups is 1. The maximum absolute atomic E-state index is 11.9. The number of carbonyl (C=O) groups excluding carboxylic acids is 1. The molecule has 0 spiro atoms. The number of hydrogen-bond acceptors (Lipinski definition) is 4. The molecule has 0 saturated carbocycles. The Hall–Kier alpha value is -4.44. The van der Waals surface area contributed by atoms with E-state index in [1.54, 1.807) is 0 Å². The Kier molecular flexibility index (Phi) is 15.8. The topological polar surface area (TPSA) is 63.1 Å². The second kappa shape index (κ2) is 21.6. The summed E-state index contributed by atoms with van der Waals surface area (Å²) in [6.45, 7) is 31.3. The fraction of sp³-hybridized carbons (Fsp3) is 0.411. The van der Waals surface area contributed by atoms with Crippen molar-refractivity contribution in [3.8, 4) is 22.5 Å². The number of carbonyl (C=O) groups is 1. The number of aryl methyl sites for hydroxylation is 4. The predicted octanol–water partition coefficient (Wildman–Crippen LogP) is 15.5. The molecule has 0 bridgehead atoms. The van der Waals surface area contributed by atoms with E-state index >= 15 is 0 Å². The Morgan fingerprint density at radius 2 is 1.07 bits per heavy atom. The first-order chi connectivity index (χ1) is 29.8. The van der Waals surface area contributed by atoms with Crippen LogP contribution in [0.1, 0.15) is 141 Å². The van der Waals surface area contributed by atoms with Crippen LogP contribution in [-0.4, -0.2) is 20.9 Å².